The van der Waals surface area contributed by atoms with E-state index < -0.39 is 34.9 Å². The molecule has 0 fully saturated rings. The average Bonchev–Trinajstić information content (AvgIpc) is 2.74. The lowest BCUT2D eigenvalue weighted by molar-refractivity contribution is -0.388. The number of rotatable bonds is 7. The molecule has 3 rings (SSSR count). The molecule has 0 bridgehead atoms. The first-order valence-corrected chi connectivity index (χ1v) is 9.25. The Hall–Kier alpha value is -4.08. The van der Waals surface area contributed by atoms with Gasteiger partial charge in [0.15, 0.2) is 6.61 Å². The zero-order valence-electron chi connectivity index (χ0n) is 16.7. The van der Waals surface area contributed by atoms with E-state index in [2.05, 4.69) is 5.32 Å². The molecule has 0 aromatic heterocycles. The Kier molecular flexibility index (Phi) is 6.62. The number of nitro benzene ring substituents is 1. The van der Waals surface area contributed by atoms with Crippen LogP contribution < -0.4 is 14.8 Å². The van der Waals surface area contributed by atoms with Crippen molar-refractivity contribution < 1.29 is 32.4 Å². The van der Waals surface area contributed by atoms with E-state index in [-0.39, 0.29) is 5.69 Å². The van der Waals surface area contributed by atoms with Crippen molar-refractivity contribution in [3.05, 3.63) is 88.0 Å². The van der Waals surface area contributed by atoms with E-state index in [1.807, 2.05) is 31.2 Å². The number of amides is 1. The van der Waals surface area contributed by atoms with Gasteiger partial charge in [0.25, 0.3) is 11.6 Å². The molecule has 1 N–H and O–H groups in total. The Balaban J connectivity index is 1.58. The number of nitro groups is 1. The van der Waals surface area contributed by atoms with E-state index in [0.29, 0.717) is 29.4 Å². The van der Waals surface area contributed by atoms with Gasteiger partial charge in [-0.05, 0) is 55.5 Å². The van der Waals surface area contributed by atoms with Crippen molar-refractivity contribution >= 4 is 17.3 Å². The fourth-order valence-corrected chi connectivity index (χ4v) is 2.69. The third-order valence-corrected chi connectivity index (χ3v) is 4.23. The van der Waals surface area contributed by atoms with E-state index in [9.17, 15) is 28.1 Å². The van der Waals surface area contributed by atoms with Crippen LogP contribution >= 0.6 is 0 Å². The van der Waals surface area contributed by atoms with Crippen molar-refractivity contribution in [3.8, 4) is 17.2 Å². The van der Waals surface area contributed by atoms with Crippen LogP contribution in [0.5, 0.6) is 17.2 Å². The molecule has 32 heavy (non-hydrogen) atoms. The number of aryl methyl sites for hydroxylation is 1. The number of hydrogen-bond acceptors (Lipinski definition) is 5. The molecular weight excluding hydrogens is 429 g/mol. The van der Waals surface area contributed by atoms with Gasteiger partial charge in [-0.15, -0.1) is 0 Å². The number of carbonyl (C=O) groups is 1. The van der Waals surface area contributed by atoms with Crippen LogP contribution in [-0.2, 0) is 11.0 Å². The van der Waals surface area contributed by atoms with Gasteiger partial charge in [-0.1, -0.05) is 17.7 Å². The van der Waals surface area contributed by atoms with Crippen molar-refractivity contribution in [3.63, 3.8) is 0 Å². The minimum absolute atomic E-state index is 0.238. The summed E-state index contributed by atoms with van der Waals surface area (Å²) in [5, 5.41) is 13.0. The first kappa shape index (κ1) is 22.6. The molecule has 7 nitrogen and oxygen atoms in total. The van der Waals surface area contributed by atoms with E-state index in [4.69, 9.17) is 9.47 Å². The summed E-state index contributed by atoms with van der Waals surface area (Å²) in [5.74, 6) is 0.823. The third-order valence-electron chi connectivity index (χ3n) is 4.23. The molecule has 3 aromatic carbocycles. The van der Waals surface area contributed by atoms with Gasteiger partial charge in [-0.2, -0.15) is 13.2 Å². The molecule has 0 saturated heterocycles. The van der Waals surface area contributed by atoms with Crippen LogP contribution in [0.15, 0.2) is 66.7 Å². The number of benzene rings is 3. The monoisotopic (exact) mass is 446 g/mol. The Morgan fingerprint density at radius 3 is 2.09 bits per heavy atom. The second-order valence-corrected chi connectivity index (χ2v) is 6.71. The number of hydrogen-bond donors (Lipinski definition) is 1. The predicted molar refractivity (Wildman–Crippen MR) is 110 cm³/mol. The summed E-state index contributed by atoms with van der Waals surface area (Å²) in [4.78, 5) is 21.7. The number of alkyl halides is 3. The summed E-state index contributed by atoms with van der Waals surface area (Å²) in [5.41, 5.74) is -1.69. The first-order chi connectivity index (χ1) is 15.1. The largest absolute Gasteiger partial charge is 0.484 e. The van der Waals surface area contributed by atoms with Crippen LogP contribution in [0.2, 0.25) is 0 Å². The SMILES string of the molecule is Cc1ccc(Oc2ccc(OCC(=O)Nc3ccc([N+](=O)[O-])c(C(F)(F)F)c3)cc2)cc1. The van der Waals surface area contributed by atoms with Gasteiger partial charge in [0, 0.05) is 11.8 Å². The fourth-order valence-electron chi connectivity index (χ4n) is 2.69. The first-order valence-electron chi connectivity index (χ1n) is 9.25. The molecule has 166 valence electrons. The second-order valence-electron chi connectivity index (χ2n) is 6.71. The van der Waals surface area contributed by atoms with Crippen molar-refractivity contribution in [2.75, 3.05) is 11.9 Å². The number of halogens is 3. The van der Waals surface area contributed by atoms with E-state index >= 15 is 0 Å². The van der Waals surface area contributed by atoms with Crippen LogP contribution in [0.3, 0.4) is 0 Å². The lowest BCUT2D eigenvalue weighted by Gasteiger charge is -2.11. The molecule has 0 spiro atoms. The van der Waals surface area contributed by atoms with E-state index in [1.54, 1.807) is 24.3 Å². The molecule has 0 aliphatic rings. The Morgan fingerprint density at radius 2 is 1.53 bits per heavy atom. The van der Waals surface area contributed by atoms with Crippen molar-refractivity contribution in [2.24, 2.45) is 0 Å². The summed E-state index contributed by atoms with van der Waals surface area (Å²) >= 11 is 0. The number of ether oxygens (including phenoxy) is 2. The third kappa shape index (κ3) is 5.97. The fraction of sp³-hybridized carbons (Fsp3) is 0.136. The summed E-state index contributed by atoms with van der Waals surface area (Å²) in [6, 6.07) is 16.1. The second kappa shape index (κ2) is 9.38. The van der Waals surface area contributed by atoms with Gasteiger partial charge in [0.1, 0.15) is 22.8 Å². The highest BCUT2D eigenvalue weighted by Crippen LogP contribution is 2.37. The van der Waals surface area contributed by atoms with Gasteiger partial charge in [-0.25, -0.2) is 0 Å². The zero-order chi connectivity index (χ0) is 23.3. The van der Waals surface area contributed by atoms with Crippen molar-refractivity contribution in [2.45, 2.75) is 13.1 Å². The van der Waals surface area contributed by atoms with Crippen LogP contribution in [-0.4, -0.2) is 17.4 Å². The number of nitrogens with zero attached hydrogens (tertiary/aromatic N) is 1. The molecule has 0 aliphatic heterocycles. The van der Waals surface area contributed by atoms with Gasteiger partial charge in [0.2, 0.25) is 0 Å². The molecule has 0 heterocycles. The standard InChI is InChI=1S/C22H17F3N2O5/c1-14-2-5-17(6-3-14)32-18-9-7-16(8-10-18)31-13-21(28)26-15-4-11-20(27(29)30)19(12-15)22(23,24)25/h2-12H,13H2,1H3,(H,26,28). The normalized spacial score (nSPS) is 11.0. The average molecular weight is 446 g/mol. The van der Waals surface area contributed by atoms with Gasteiger partial charge < -0.3 is 14.8 Å². The van der Waals surface area contributed by atoms with Crippen LogP contribution in [0.25, 0.3) is 0 Å². The predicted octanol–water partition coefficient (Wildman–Crippen LogP) is 5.73. The Morgan fingerprint density at radius 1 is 0.969 bits per heavy atom. The molecular formula is C22H17F3N2O5. The Labute approximate surface area is 180 Å². The smallest absolute Gasteiger partial charge is 0.423 e. The van der Waals surface area contributed by atoms with Crippen LogP contribution in [0, 0.1) is 17.0 Å². The van der Waals surface area contributed by atoms with Gasteiger partial charge in [0.05, 0.1) is 4.92 Å². The highest BCUT2D eigenvalue weighted by atomic mass is 19.4. The molecule has 0 saturated carbocycles. The number of anilines is 1. The molecule has 3 aromatic rings. The topological polar surface area (TPSA) is 90.7 Å². The van der Waals surface area contributed by atoms with Crippen molar-refractivity contribution in [1.82, 2.24) is 0 Å². The highest BCUT2D eigenvalue weighted by molar-refractivity contribution is 5.92. The number of carbonyl (C=O) groups excluding carboxylic acids is 1. The quantitative estimate of drug-likeness (QED) is 0.370. The maximum atomic E-state index is 13.0. The number of nitrogens with one attached hydrogen (secondary N) is 1. The maximum Gasteiger partial charge on any atom is 0.423 e. The lowest BCUT2D eigenvalue weighted by atomic mass is 10.1. The molecule has 0 radical (unpaired) electrons. The Bertz CT molecular complexity index is 1110. The van der Waals surface area contributed by atoms with Crippen molar-refractivity contribution in [1.29, 1.82) is 0 Å². The molecule has 0 aliphatic carbocycles. The highest BCUT2D eigenvalue weighted by Gasteiger charge is 2.38. The summed E-state index contributed by atoms with van der Waals surface area (Å²) in [6.45, 7) is 1.49. The minimum Gasteiger partial charge on any atom is -0.484 e. The summed E-state index contributed by atoms with van der Waals surface area (Å²) in [6.07, 6.45) is -4.94. The molecule has 0 unspecified atom stereocenters. The minimum atomic E-state index is -4.94. The van der Waals surface area contributed by atoms with Crippen LogP contribution in [0.1, 0.15) is 11.1 Å². The molecule has 0 atom stereocenters. The van der Waals surface area contributed by atoms with Gasteiger partial charge in [-0.3, -0.25) is 14.9 Å². The van der Waals surface area contributed by atoms with E-state index in [0.717, 1.165) is 11.6 Å². The summed E-state index contributed by atoms with van der Waals surface area (Å²) < 4.78 is 50.1. The maximum absolute atomic E-state index is 13.0. The van der Waals surface area contributed by atoms with Gasteiger partial charge >= 0.3 is 6.18 Å². The lowest BCUT2D eigenvalue weighted by Crippen LogP contribution is -2.20. The van der Waals surface area contributed by atoms with E-state index in [1.165, 1.54) is 0 Å². The molecule has 1 amide bonds. The summed E-state index contributed by atoms with van der Waals surface area (Å²) in [7, 11) is 0. The van der Waals surface area contributed by atoms with Crippen LogP contribution in [0.4, 0.5) is 24.5 Å². The molecule has 10 heteroatoms. The zero-order valence-corrected chi connectivity index (χ0v) is 16.7.